The van der Waals surface area contributed by atoms with Gasteiger partial charge in [-0.1, -0.05) is 19.3 Å². The predicted molar refractivity (Wildman–Crippen MR) is 109 cm³/mol. The zero-order valence-corrected chi connectivity index (χ0v) is 17.1. The number of halogens is 1. The molecular formula is C18H35IN4. The molecule has 0 aromatic heterocycles. The van der Waals surface area contributed by atoms with Crippen LogP contribution in [0, 0.1) is 11.8 Å². The highest BCUT2D eigenvalue weighted by Crippen LogP contribution is 2.35. The highest BCUT2D eigenvalue weighted by molar-refractivity contribution is 14.0. The zero-order valence-electron chi connectivity index (χ0n) is 14.8. The molecule has 1 saturated carbocycles. The third kappa shape index (κ3) is 5.48. The monoisotopic (exact) mass is 434 g/mol. The average molecular weight is 434 g/mol. The quantitative estimate of drug-likeness (QED) is 0.419. The Balaban J connectivity index is 0.00000192. The van der Waals surface area contributed by atoms with Crippen LogP contribution in [0.15, 0.2) is 4.99 Å². The van der Waals surface area contributed by atoms with E-state index in [0.717, 1.165) is 31.5 Å². The van der Waals surface area contributed by atoms with Crippen LogP contribution in [-0.4, -0.2) is 61.6 Å². The maximum atomic E-state index is 4.94. The van der Waals surface area contributed by atoms with Crippen LogP contribution in [0.1, 0.15) is 51.9 Å². The van der Waals surface area contributed by atoms with E-state index in [1.807, 2.05) is 0 Å². The molecule has 1 N–H and O–H groups in total. The number of piperidine rings is 1. The first-order chi connectivity index (χ1) is 10.9. The molecule has 0 aromatic carbocycles. The van der Waals surface area contributed by atoms with E-state index >= 15 is 0 Å². The summed E-state index contributed by atoms with van der Waals surface area (Å²) >= 11 is 0. The number of fused-ring (bicyclic) bond motifs is 1. The van der Waals surface area contributed by atoms with Crippen LogP contribution in [0.5, 0.6) is 0 Å². The van der Waals surface area contributed by atoms with Crippen molar-refractivity contribution < 1.29 is 0 Å². The van der Waals surface area contributed by atoms with Gasteiger partial charge in [-0.2, -0.15) is 0 Å². The highest BCUT2D eigenvalue weighted by atomic mass is 127. The molecule has 2 unspecified atom stereocenters. The fraction of sp³-hybridized carbons (Fsp3) is 0.944. The molecule has 3 fully saturated rings. The molecule has 4 nitrogen and oxygen atoms in total. The predicted octanol–water partition coefficient (Wildman–Crippen LogP) is 3.18. The van der Waals surface area contributed by atoms with Crippen molar-refractivity contribution in [2.75, 3.05) is 45.8 Å². The second kappa shape index (κ2) is 10.1. The lowest BCUT2D eigenvalue weighted by molar-refractivity contribution is 0.235. The second-order valence-electron chi connectivity index (χ2n) is 7.35. The summed E-state index contributed by atoms with van der Waals surface area (Å²) in [5.41, 5.74) is 0. The van der Waals surface area contributed by atoms with Crippen LogP contribution < -0.4 is 5.32 Å². The fourth-order valence-corrected chi connectivity index (χ4v) is 4.48. The Morgan fingerprint density at radius 2 is 1.65 bits per heavy atom. The summed E-state index contributed by atoms with van der Waals surface area (Å²) in [6, 6.07) is 0. The smallest absolute Gasteiger partial charge is 0.193 e. The molecule has 3 rings (SSSR count). The van der Waals surface area contributed by atoms with Crippen molar-refractivity contribution in [3.63, 3.8) is 0 Å². The number of likely N-dealkylation sites (tertiary alicyclic amines) is 2. The van der Waals surface area contributed by atoms with E-state index in [2.05, 4.69) is 22.0 Å². The summed E-state index contributed by atoms with van der Waals surface area (Å²) in [7, 11) is 0. The molecule has 134 valence electrons. The van der Waals surface area contributed by atoms with Crippen molar-refractivity contribution in [3.05, 3.63) is 0 Å². The van der Waals surface area contributed by atoms with Gasteiger partial charge >= 0.3 is 0 Å². The van der Waals surface area contributed by atoms with E-state index in [1.165, 1.54) is 77.1 Å². The van der Waals surface area contributed by atoms with Gasteiger partial charge in [0.15, 0.2) is 5.96 Å². The number of nitrogens with zero attached hydrogens (tertiary/aromatic N) is 3. The molecule has 2 heterocycles. The zero-order chi connectivity index (χ0) is 15.2. The molecule has 2 saturated heterocycles. The Bertz CT molecular complexity index is 354. The summed E-state index contributed by atoms with van der Waals surface area (Å²) in [4.78, 5) is 10.1. The number of rotatable bonds is 4. The molecule has 0 spiro atoms. The Hall–Kier alpha value is -0.0400. The van der Waals surface area contributed by atoms with E-state index in [4.69, 9.17) is 4.99 Å². The molecule has 1 aliphatic carbocycles. The van der Waals surface area contributed by atoms with Crippen molar-refractivity contribution >= 4 is 29.9 Å². The van der Waals surface area contributed by atoms with Crippen LogP contribution in [0.3, 0.4) is 0 Å². The summed E-state index contributed by atoms with van der Waals surface area (Å²) in [6.45, 7) is 10.3. The first kappa shape index (κ1) is 19.3. The van der Waals surface area contributed by atoms with Gasteiger partial charge < -0.3 is 15.1 Å². The minimum atomic E-state index is 0. The molecule has 0 aromatic rings. The topological polar surface area (TPSA) is 30.9 Å². The standard InChI is InChI=1S/C18H34N4.HI/c1-2-19-18(20-10-13-21-11-6-3-7-12-21)22-14-16-8-4-5-9-17(16)15-22;/h16-17H,2-15H2,1H3,(H,19,20);1H. The average Bonchev–Trinajstić information content (AvgIpc) is 2.99. The van der Waals surface area contributed by atoms with Crippen molar-refractivity contribution in [2.24, 2.45) is 16.8 Å². The first-order valence-corrected chi connectivity index (χ1v) is 9.62. The minimum absolute atomic E-state index is 0. The van der Waals surface area contributed by atoms with Gasteiger partial charge in [0, 0.05) is 26.2 Å². The van der Waals surface area contributed by atoms with Crippen LogP contribution in [0.4, 0.5) is 0 Å². The number of hydrogen-bond donors (Lipinski definition) is 1. The number of nitrogens with one attached hydrogen (secondary N) is 1. The van der Waals surface area contributed by atoms with Gasteiger partial charge in [-0.25, -0.2) is 0 Å². The normalized spacial score (nSPS) is 29.1. The molecular weight excluding hydrogens is 399 g/mol. The summed E-state index contributed by atoms with van der Waals surface area (Å²) in [6.07, 6.45) is 9.93. The lowest BCUT2D eigenvalue weighted by Crippen LogP contribution is -2.41. The van der Waals surface area contributed by atoms with Gasteiger partial charge in [0.25, 0.3) is 0 Å². The highest BCUT2D eigenvalue weighted by Gasteiger charge is 2.35. The lowest BCUT2D eigenvalue weighted by Gasteiger charge is -2.26. The van der Waals surface area contributed by atoms with Gasteiger partial charge in [0.2, 0.25) is 0 Å². The van der Waals surface area contributed by atoms with Crippen LogP contribution in [0.25, 0.3) is 0 Å². The van der Waals surface area contributed by atoms with Crippen molar-refractivity contribution in [3.8, 4) is 0 Å². The molecule has 0 bridgehead atoms. The van der Waals surface area contributed by atoms with Gasteiger partial charge in [-0.15, -0.1) is 24.0 Å². The fourth-order valence-electron chi connectivity index (χ4n) is 4.48. The number of hydrogen-bond acceptors (Lipinski definition) is 2. The molecule has 0 radical (unpaired) electrons. The van der Waals surface area contributed by atoms with Gasteiger partial charge in [-0.3, -0.25) is 4.99 Å². The Morgan fingerprint density at radius 1 is 1.00 bits per heavy atom. The van der Waals surface area contributed by atoms with Crippen LogP contribution in [0.2, 0.25) is 0 Å². The third-order valence-electron chi connectivity index (χ3n) is 5.74. The summed E-state index contributed by atoms with van der Waals surface area (Å²) < 4.78 is 0. The van der Waals surface area contributed by atoms with E-state index < -0.39 is 0 Å². The summed E-state index contributed by atoms with van der Waals surface area (Å²) in [5.74, 6) is 3.04. The maximum Gasteiger partial charge on any atom is 0.193 e. The Labute approximate surface area is 159 Å². The maximum absolute atomic E-state index is 4.94. The van der Waals surface area contributed by atoms with Crippen LogP contribution >= 0.6 is 24.0 Å². The molecule has 2 aliphatic heterocycles. The molecule has 5 heteroatoms. The van der Waals surface area contributed by atoms with Crippen molar-refractivity contribution in [1.29, 1.82) is 0 Å². The van der Waals surface area contributed by atoms with E-state index in [9.17, 15) is 0 Å². The number of aliphatic imine (C=N–C) groups is 1. The first-order valence-electron chi connectivity index (χ1n) is 9.62. The van der Waals surface area contributed by atoms with Crippen molar-refractivity contribution in [1.82, 2.24) is 15.1 Å². The van der Waals surface area contributed by atoms with E-state index in [1.54, 1.807) is 0 Å². The largest absolute Gasteiger partial charge is 0.357 e. The van der Waals surface area contributed by atoms with Crippen LogP contribution in [-0.2, 0) is 0 Å². The van der Waals surface area contributed by atoms with Gasteiger partial charge in [-0.05, 0) is 57.5 Å². The van der Waals surface area contributed by atoms with E-state index in [-0.39, 0.29) is 24.0 Å². The SMILES string of the molecule is CCNC(=NCCN1CCCCC1)N1CC2CCCCC2C1.I. The lowest BCUT2D eigenvalue weighted by atomic mass is 9.82. The summed E-state index contributed by atoms with van der Waals surface area (Å²) in [5, 5.41) is 3.53. The van der Waals surface area contributed by atoms with Gasteiger partial charge in [0.1, 0.15) is 0 Å². The van der Waals surface area contributed by atoms with Crippen molar-refractivity contribution in [2.45, 2.75) is 51.9 Å². The third-order valence-corrected chi connectivity index (χ3v) is 5.74. The second-order valence-corrected chi connectivity index (χ2v) is 7.35. The number of guanidine groups is 1. The molecule has 2 atom stereocenters. The molecule has 23 heavy (non-hydrogen) atoms. The van der Waals surface area contributed by atoms with E-state index in [0.29, 0.717) is 0 Å². The molecule has 3 aliphatic rings. The minimum Gasteiger partial charge on any atom is -0.357 e. The molecule has 0 amide bonds. The van der Waals surface area contributed by atoms with Gasteiger partial charge in [0.05, 0.1) is 6.54 Å². The Kier molecular flexibility index (Phi) is 8.44. The Morgan fingerprint density at radius 3 is 2.26 bits per heavy atom.